The summed E-state index contributed by atoms with van der Waals surface area (Å²) >= 11 is 0. The van der Waals surface area contributed by atoms with Crippen molar-refractivity contribution in [2.24, 2.45) is 0 Å². The maximum atomic E-state index is 13.6. The minimum absolute atomic E-state index is 0.0873. The van der Waals surface area contributed by atoms with Gasteiger partial charge < -0.3 is 10.2 Å². The van der Waals surface area contributed by atoms with Gasteiger partial charge in [0.25, 0.3) is 5.91 Å². The quantitative estimate of drug-likeness (QED) is 0.618. The molecule has 172 valence electrons. The summed E-state index contributed by atoms with van der Waals surface area (Å²) in [4.78, 5) is 30.7. The van der Waals surface area contributed by atoms with Gasteiger partial charge in [-0.1, -0.05) is 60.7 Å². The Morgan fingerprint density at radius 3 is 2.21 bits per heavy atom. The first kappa shape index (κ1) is 23.2. The van der Waals surface area contributed by atoms with Crippen LogP contribution < -0.4 is 5.32 Å². The van der Waals surface area contributed by atoms with Crippen LogP contribution in [0.25, 0.3) is 0 Å². The van der Waals surface area contributed by atoms with Crippen molar-refractivity contribution in [3.63, 3.8) is 0 Å². The van der Waals surface area contributed by atoms with Crippen LogP contribution in [-0.2, 0) is 11.3 Å². The zero-order valence-corrected chi connectivity index (χ0v) is 19.1. The zero-order chi connectivity index (χ0) is 23.8. The molecule has 0 aromatic heterocycles. The lowest BCUT2D eigenvalue weighted by Crippen LogP contribution is -2.44. The van der Waals surface area contributed by atoms with Crippen LogP contribution >= 0.6 is 0 Å². The van der Waals surface area contributed by atoms with Crippen LogP contribution in [0.2, 0.25) is 0 Å². The van der Waals surface area contributed by atoms with Gasteiger partial charge in [0.2, 0.25) is 5.91 Å². The summed E-state index contributed by atoms with van der Waals surface area (Å²) in [6.45, 7) is 3.66. The van der Waals surface area contributed by atoms with Crippen molar-refractivity contribution in [1.29, 1.82) is 5.26 Å². The molecule has 1 aliphatic heterocycles. The molecule has 0 aliphatic carbocycles. The van der Waals surface area contributed by atoms with E-state index in [-0.39, 0.29) is 11.8 Å². The number of carbonyl (C=O) groups is 2. The second kappa shape index (κ2) is 11.3. The van der Waals surface area contributed by atoms with Crippen LogP contribution in [0.3, 0.4) is 0 Å². The van der Waals surface area contributed by atoms with Crippen molar-refractivity contribution >= 4 is 11.8 Å². The van der Waals surface area contributed by atoms with Crippen LogP contribution in [0.15, 0.2) is 84.9 Å². The Morgan fingerprint density at radius 1 is 0.853 bits per heavy atom. The van der Waals surface area contributed by atoms with Crippen molar-refractivity contribution in [3.8, 4) is 6.07 Å². The minimum Gasteiger partial charge on any atom is -0.339 e. The lowest BCUT2D eigenvalue weighted by molar-refractivity contribution is -0.133. The molecule has 0 spiro atoms. The predicted molar refractivity (Wildman–Crippen MR) is 131 cm³/mol. The van der Waals surface area contributed by atoms with Gasteiger partial charge in [-0.3, -0.25) is 14.5 Å². The van der Waals surface area contributed by atoms with Gasteiger partial charge in [-0.15, -0.1) is 0 Å². The summed E-state index contributed by atoms with van der Waals surface area (Å²) in [5.74, 6) is -0.351. The maximum absolute atomic E-state index is 13.6. The second-order valence-electron chi connectivity index (χ2n) is 8.45. The van der Waals surface area contributed by atoms with Crippen LogP contribution in [0.5, 0.6) is 0 Å². The summed E-state index contributed by atoms with van der Waals surface area (Å²) in [5.41, 5.74) is 3.10. The summed E-state index contributed by atoms with van der Waals surface area (Å²) in [7, 11) is 0. The van der Waals surface area contributed by atoms with E-state index < -0.39 is 6.04 Å². The number of nitrogens with zero attached hydrogens (tertiary/aromatic N) is 3. The van der Waals surface area contributed by atoms with Gasteiger partial charge in [0.15, 0.2) is 0 Å². The maximum Gasteiger partial charge on any atom is 0.252 e. The number of hydrogen-bond donors (Lipinski definition) is 1. The normalized spacial score (nSPS) is 15.1. The van der Waals surface area contributed by atoms with Crippen LogP contribution in [0.1, 0.15) is 39.5 Å². The van der Waals surface area contributed by atoms with Crippen molar-refractivity contribution in [1.82, 2.24) is 15.1 Å². The molecule has 4 rings (SSSR count). The molecule has 2 amide bonds. The number of hydrogen-bond acceptors (Lipinski definition) is 4. The minimum atomic E-state index is -0.737. The fourth-order valence-electron chi connectivity index (χ4n) is 4.21. The summed E-state index contributed by atoms with van der Waals surface area (Å²) in [5, 5.41) is 11.9. The Labute approximate surface area is 200 Å². The first-order valence-corrected chi connectivity index (χ1v) is 11.5. The van der Waals surface area contributed by atoms with Gasteiger partial charge in [0.05, 0.1) is 11.6 Å². The van der Waals surface area contributed by atoms with Gasteiger partial charge in [0.1, 0.15) is 6.04 Å². The van der Waals surface area contributed by atoms with E-state index in [0.717, 1.165) is 37.2 Å². The average molecular weight is 453 g/mol. The molecule has 3 aromatic rings. The first-order chi connectivity index (χ1) is 16.6. The van der Waals surface area contributed by atoms with E-state index >= 15 is 0 Å². The van der Waals surface area contributed by atoms with Crippen LogP contribution in [0.4, 0.5) is 0 Å². The van der Waals surface area contributed by atoms with Crippen molar-refractivity contribution in [2.75, 3.05) is 26.2 Å². The number of benzene rings is 3. The van der Waals surface area contributed by atoms with Crippen LogP contribution in [0, 0.1) is 11.3 Å². The van der Waals surface area contributed by atoms with Crippen molar-refractivity contribution in [2.45, 2.75) is 19.0 Å². The number of rotatable bonds is 6. The van der Waals surface area contributed by atoms with Crippen molar-refractivity contribution in [3.05, 3.63) is 107 Å². The molecule has 1 unspecified atom stereocenters. The average Bonchev–Trinajstić information content (AvgIpc) is 3.14. The Hall–Kier alpha value is -3.95. The SMILES string of the molecule is N#Cc1ccc(CN2CCCN(C(=O)C(NC(=O)c3ccccc3)c3ccccc3)CC2)cc1. The Morgan fingerprint density at radius 2 is 1.53 bits per heavy atom. The number of carbonyl (C=O) groups excluding carboxylic acids is 2. The molecule has 0 bridgehead atoms. The fourth-order valence-corrected chi connectivity index (χ4v) is 4.21. The van der Waals surface area contributed by atoms with Gasteiger partial charge in [-0.25, -0.2) is 0 Å². The third kappa shape index (κ3) is 5.89. The Balaban J connectivity index is 1.44. The molecule has 6 heteroatoms. The molecule has 3 aromatic carbocycles. The molecule has 0 radical (unpaired) electrons. The molecule has 0 saturated carbocycles. The molecule has 1 heterocycles. The van der Waals surface area contributed by atoms with E-state index in [0.29, 0.717) is 24.2 Å². The highest BCUT2D eigenvalue weighted by Crippen LogP contribution is 2.19. The van der Waals surface area contributed by atoms with Crippen molar-refractivity contribution < 1.29 is 9.59 Å². The Bertz CT molecular complexity index is 1140. The largest absolute Gasteiger partial charge is 0.339 e. The monoisotopic (exact) mass is 452 g/mol. The molecule has 1 N–H and O–H groups in total. The van der Waals surface area contributed by atoms with Gasteiger partial charge in [-0.05, 0) is 41.8 Å². The number of amides is 2. The molecule has 1 fully saturated rings. The van der Waals surface area contributed by atoms with E-state index in [9.17, 15) is 9.59 Å². The van der Waals surface area contributed by atoms with E-state index in [4.69, 9.17) is 5.26 Å². The highest BCUT2D eigenvalue weighted by atomic mass is 16.2. The number of nitriles is 1. The zero-order valence-electron chi connectivity index (χ0n) is 19.1. The van der Waals surface area contributed by atoms with Gasteiger partial charge in [-0.2, -0.15) is 5.26 Å². The van der Waals surface area contributed by atoms with Gasteiger partial charge >= 0.3 is 0 Å². The van der Waals surface area contributed by atoms with E-state index in [1.165, 1.54) is 0 Å². The molecule has 1 aliphatic rings. The second-order valence-corrected chi connectivity index (χ2v) is 8.45. The third-order valence-electron chi connectivity index (χ3n) is 6.08. The molecule has 1 saturated heterocycles. The fraction of sp³-hybridized carbons (Fsp3) is 0.250. The summed E-state index contributed by atoms with van der Waals surface area (Å²) in [6.07, 6.45) is 0.857. The highest BCUT2D eigenvalue weighted by molar-refractivity contribution is 5.97. The molecule has 34 heavy (non-hydrogen) atoms. The topological polar surface area (TPSA) is 76.4 Å². The summed E-state index contributed by atoms with van der Waals surface area (Å²) < 4.78 is 0. The lowest BCUT2D eigenvalue weighted by atomic mass is 10.0. The van der Waals surface area contributed by atoms with Crippen LogP contribution in [-0.4, -0.2) is 47.8 Å². The van der Waals surface area contributed by atoms with E-state index in [1.54, 1.807) is 12.1 Å². The van der Waals surface area contributed by atoms with Gasteiger partial charge in [0, 0.05) is 38.3 Å². The third-order valence-corrected chi connectivity index (χ3v) is 6.08. The smallest absolute Gasteiger partial charge is 0.252 e. The lowest BCUT2D eigenvalue weighted by Gasteiger charge is -2.27. The van der Waals surface area contributed by atoms with E-state index in [2.05, 4.69) is 16.3 Å². The number of nitrogens with one attached hydrogen (secondary N) is 1. The molecular formula is C28H28N4O2. The predicted octanol–water partition coefficient (Wildman–Crippen LogP) is 3.76. The molecule has 1 atom stereocenters. The standard InChI is InChI=1S/C28H28N4O2/c29-20-22-12-14-23(15-13-22)21-31-16-7-17-32(19-18-31)28(34)26(24-8-3-1-4-9-24)30-27(33)25-10-5-2-6-11-25/h1-6,8-15,26H,7,16-19,21H2,(H,30,33). The molecular weight excluding hydrogens is 424 g/mol. The molecule has 6 nitrogen and oxygen atoms in total. The van der Waals surface area contributed by atoms with E-state index in [1.807, 2.05) is 77.7 Å². The Kier molecular flexibility index (Phi) is 7.69. The first-order valence-electron chi connectivity index (χ1n) is 11.5. The summed E-state index contributed by atoms with van der Waals surface area (Å²) in [6, 6.07) is 27.4. The highest BCUT2D eigenvalue weighted by Gasteiger charge is 2.29.